The molecule has 2 N–H and O–H groups in total. The molecular weight excluding hydrogens is 351 g/mol. The van der Waals surface area contributed by atoms with Crippen molar-refractivity contribution in [2.24, 2.45) is 0 Å². The van der Waals surface area contributed by atoms with Crippen molar-refractivity contribution in [1.29, 1.82) is 0 Å². The van der Waals surface area contributed by atoms with Gasteiger partial charge in [0.2, 0.25) is 0 Å². The largest absolute Gasteiger partial charge is 0.289 e. The Balaban J connectivity index is 1.75. The normalized spacial score (nSPS) is 22.7. The number of amides is 1. The van der Waals surface area contributed by atoms with Crippen LogP contribution in [0.5, 0.6) is 0 Å². The Bertz CT molecular complexity index is 954. The molecule has 4 nitrogen and oxygen atoms in total. The number of hydrogen-bond donors (Lipinski definition) is 2. The second kappa shape index (κ2) is 6.45. The van der Waals surface area contributed by atoms with E-state index in [1.54, 1.807) is 30.4 Å². The van der Waals surface area contributed by atoms with Gasteiger partial charge in [0.05, 0.1) is 20.6 Å². The zero-order chi connectivity index (χ0) is 18.3. The number of fused-ring (bicyclic) bond motifs is 1. The Labute approximate surface area is 154 Å². The Morgan fingerprint density at radius 1 is 1.31 bits per heavy atom. The average molecular weight is 370 g/mol. The number of halogens is 1. The first-order valence-corrected chi connectivity index (χ1v) is 9.42. The van der Waals surface area contributed by atoms with Crippen LogP contribution in [0.1, 0.15) is 41.3 Å². The number of carbonyl (C=O) groups excluding carboxylic acids is 1. The lowest BCUT2D eigenvalue weighted by Crippen LogP contribution is -2.42. The minimum absolute atomic E-state index is 0.104. The predicted octanol–water partition coefficient (Wildman–Crippen LogP) is 4.45. The van der Waals surface area contributed by atoms with E-state index in [2.05, 4.69) is 0 Å². The van der Waals surface area contributed by atoms with Crippen LogP contribution in [0.2, 0.25) is 0 Å². The molecule has 4 rings (SSSR count). The van der Waals surface area contributed by atoms with E-state index in [1.807, 2.05) is 29.7 Å². The number of hydrogen-bond acceptors (Lipinski definition) is 4. The molecule has 0 unspecified atom stereocenters. The monoisotopic (exact) mass is 370 g/mol. The van der Waals surface area contributed by atoms with Crippen molar-refractivity contribution in [2.45, 2.75) is 37.5 Å². The van der Waals surface area contributed by atoms with Crippen LogP contribution in [0.3, 0.4) is 0 Å². The van der Waals surface area contributed by atoms with Gasteiger partial charge in [0, 0.05) is 5.92 Å². The molecule has 6 heteroatoms. The van der Waals surface area contributed by atoms with E-state index >= 15 is 0 Å². The van der Waals surface area contributed by atoms with Gasteiger partial charge in [0.25, 0.3) is 5.91 Å². The molecule has 0 bridgehead atoms. The van der Waals surface area contributed by atoms with Crippen LogP contribution in [0, 0.1) is 12.7 Å². The maximum absolute atomic E-state index is 14.1. The second-order valence-electron chi connectivity index (χ2n) is 6.89. The highest BCUT2D eigenvalue weighted by atomic mass is 32.1. The second-order valence-corrected chi connectivity index (χ2v) is 7.96. The van der Waals surface area contributed by atoms with Gasteiger partial charge in [-0.15, -0.1) is 11.3 Å². The molecule has 2 atom stereocenters. The van der Waals surface area contributed by atoms with E-state index in [0.717, 1.165) is 21.6 Å². The van der Waals surface area contributed by atoms with Gasteiger partial charge < -0.3 is 0 Å². The Kier molecular flexibility index (Phi) is 4.25. The van der Waals surface area contributed by atoms with E-state index in [0.29, 0.717) is 24.0 Å². The van der Waals surface area contributed by atoms with Crippen molar-refractivity contribution in [3.8, 4) is 0 Å². The fourth-order valence-electron chi connectivity index (χ4n) is 4.13. The first-order valence-electron chi connectivity index (χ1n) is 8.61. The zero-order valence-corrected chi connectivity index (χ0v) is 15.1. The van der Waals surface area contributed by atoms with Gasteiger partial charge >= 0.3 is 0 Å². The molecule has 1 aliphatic rings. The molecule has 1 heterocycles. The molecule has 0 radical (unpaired) electrons. The lowest BCUT2D eigenvalue weighted by atomic mass is 9.75. The fourth-order valence-corrected chi connectivity index (χ4v) is 5.23. The van der Waals surface area contributed by atoms with Gasteiger partial charge in [0.15, 0.2) is 0 Å². The molecule has 26 heavy (non-hydrogen) atoms. The molecule has 2 aromatic carbocycles. The smallest absolute Gasteiger partial charge is 0.254 e. The summed E-state index contributed by atoms with van der Waals surface area (Å²) in [5.74, 6) is -0.710. The number of para-hydroxylation sites is 1. The molecule has 0 aliphatic heterocycles. The SMILES string of the molecule is Cc1c(F)cccc1[C@]1(C(=O)NO)CC[C@@H](c2nc3ccccc3s2)C1. The summed E-state index contributed by atoms with van der Waals surface area (Å²) in [6.07, 6.45) is 1.82. The van der Waals surface area contributed by atoms with Crippen molar-refractivity contribution in [3.63, 3.8) is 0 Å². The molecular formula is C20H19FN2O2S. The van der Waals surface area contributed by atoms with Gasteiger partial charge in [-0.05, 0) is 55.5 Å². The van der Waals surface area contributed by atoms with E-state index in [-0.39, 0.29) is 11.7 Å². The average Bonchev–Trinajstić information content (AvgIpc) is 3.28. The summed E-state index contributed by atoms with van der Waals surface area (Å²) in [5.41, 5.74) is 2.93. The van der Waals surface area contributed by atoms with Crippen molar-refractivity contribution >= 4 is 27.5 Å². The Hall–Kier alpha value is -2.31. The van der Waals surface area contributed by atoms with E-state index in [4.69, 9.17) is 4.98 Å². The number of benzene rings is 2. The number of nitrogens with zero attached hydrogens (tertiary/aromatic N) is 1. The number of hydroxylamine groups is 1. The fraction of sp³-hybridized carbons (Fsp3) is 0.300. The molecule has 0 saturated heterocycles. The van der Waals surface area contributed by atoms with Crippen molar-refractivity contribution in [1.82, 2.24) is 10.5 Å². The van der Waals surface area contributed by atoms with Gasteiger partial charge in [-0.1, -0.05) is 24.3 Å². The molecule has 1 amide bonds. The van der Waals surface area contributed by atoms with Crippen LogP contribution >= 0.6 is 11.3 Å². The predicted molar refractivity (Wildman–Crippen MR) is 99.0 cm³/mol. The van der Waals surface area contributed by atoms with E-state index < -0.39 is 11.3 Å². The van der Waals surface area contributed by atoms with E-state index in [9.17, 15) is 14.4 Å². The third-order valence-corrected chi connectivity index (χ3v) is 6.69. The highest BCUT2D eigenvalue weighted by Crippen LogP contribution is 2.50. The van der Waals surface area contributed by atoms with Gasteiger partial charge in [-0.3, -0.25) is 10.0 Å². The summed E-state index contributed by atoms with van der Waals surface area (Å²) in [7, 11) is 0. The number of aromatic nitrogens is 1. The summed E-state index contributed by atoms with van der Waals surface area (Å²) in [6, 6.07) is 12.8. The number of nitrogens with one attached hydrogen (secondary N) is 1. The highest BCUT2D eigenvalue weighted by Gasteiger charge is 2.48. The molecule has 3 aromatic rings. The third-order valence-electron chi connectivity index (χ3n) is 5.49. The number of rotatable bonds is 3. The Morgan fingerprint density at radius 2 is 2.12 bits per heavy atom. The third kappa shape index (κ3) is 2.61. The zero-order valence-electron chi connectivity index (χ0n) is 14.3. The van der Waals surface area contributed by atoms with Crippen LogP contribution in [-0.2, 0) is 10.2 Å². The molecule has 1 saturated carbocycles. The lowest BCUT2D eigenvalue weighted by molar-refractivity contribution is -0.135. The summed E-state index contributed by atoms with van der Waals surface area (Å²) in [5, 5.41) is 10.3. The van der Waals surface area contributed by atoms with Gasteiger partial charge in [-0.25, -0.2) is 14.9 Å². The topological polar surface area (TPSA) is 62.2 Å². The summed E-state index contributed by atoms with van der Waals surface area (Å²) < 4.78 is 15.2. The molecule has 1 aromatic heterocycles. The van der Waals surface area contributed by atoms with Crippen LogP contribution in [0.4, 0.5) is 4.39 Å². The Morgan fingerprint density at radius 3 is 2.88 bits per heavy atom. The first kappa shape index (κ1) is 17.1. The highest BCUT2D eigenvalue weighted by molar-refractivity contribution is 7.18. The van der Waals surface area contributed by atoms with Crippen LogP contribution in [0.15, 0.2) is 42.5 Å². The standard InChI is InChI=1S/C20H19FN2O2S/c1-12-14(5-4-6-15(12)21)20(19(24)23-25)10-9-13(11-20)18-22-16-7-2-3-8-17(16)26-18/h2-8,13,25H,9-11H2,1H3,(H,23,24)/t13-,20+/m1/s1. The number of thiazole rings is 1. The molecule has 1 aliphatic carbocycles. The number of carbonyl (C=O) groups is 1. The van der Waals surface area contributed by atoms with Crippen molar-refractivity contribution in [3.05, 3.63) is 64.4 Å². The summed E-state index contributed by atoms with van der Waals surface area (Å²) >= 11 is 1.64. The summed E-state index contributed by atoms with van der Waals surface area (Å²) in [4.78, 5) is 17.4. The molecule has 1 fully saturated rings. The maximum atomic E-state index is 14.1. The van der Waals surface area contributed by atoms with Crippen LogP contribution in [-0.4, -0.2) is 16.1 Å². The van der Waals surface area contributed by atoms with E-state index in [1.165, 1.54) is 6.07 Å². The maximum Gasteiger partial charge on any atom is 0.254 e. The van der Waals surface area contributed by atoms with Crippen molar-refractivity contribution < 1.29 is 14.4 Å². The summed E-state index contributed by atoms with van der Waals surface area (Å²) in [6.45, 7) is 1.68. The van der Waals surface area contributed by atoms with Crippen molar-refractivity contribution in [2.75, 3.05) is 0 Å². The van der Waals surface area contributed by atoms with Crippen LogP contribution < -0.4 is 5.48 Å². The molecule has 0 spiro atoms. The van der Waals surface area contributed by atoms with Crippen LogP contribution in [0.25, 0.3) is 10.2 Å². The first-order chi connectivity index (χ1) is 12.5. The van der Waals surface area contributed by atoms with Gasteiger partial charge in [-0.2, -0.15) is 0 Å². The lowest BCUT2D eigenvalue weighted by Gasteiger charge is -2.29. The van der Waals surface area contributed by atoms with Gasteiger partial charge in [0.1, 0.15) is 5.82 Å². The molecule has 134 valence electrons. The quantitative estimate of drug-likeness (QED) is 0.529. The minimum Gasteiger partial charge on any atom is -0.289 e. The minimum atomic E-state index is -0.941.